The van der Waals surface area contributed by atoms with Crippen LogP contribution in [0, 0.1) is 0 Å². The van der Waals surface area contributed by atoms with Crippen LogP contribution < -0.4 is 0 Å². The molecule has 0 saturated heterocycles. The van der Waals surface area contributed by atoms with Gasteiger partial charge in [-0.1, -0.05) is 6.92 Å². The predicted octanol–water partition coefficient (Wildman–Crippen LogP) is 1.52. The van der Waals surface area contributed by atoms with Crippen molar-refractivity contribution in [2.75, 3.05) is 13.2 Å². The molecule has 0 spiro atoms. The van der Waals surface area contributed by atoms with E-state index < -0.39 is 0 Å². The summed E-state index contributed by atoms with van der Waals surface area (Å²) < 4.78 is 5.43. The summed E-state index contributed by atoms with van der Waals surface area (Å²) in [7, 11) is 0. The Morgan fingerprint density at radius 2 is 2.44 bits per heavy atom. The first-order valence-electron chi connectivity index (χ1n) is 2.78. The van der Waals surface area contributed by atoms with Crippen molar-refractivity contribution in [2.45, 2.75) is 13.3 Å². The molecule has 0 aliphatic rings. The number of hydrogen-bond acceptors (Lipinski definition) is 2. The first-order chi connectivity index (χ1) is 4.31. The van der Waals surface area contributed by atoms with E-state index in [0.717, 1.165) is 6.42 Å². The first kappa shape index (κ1) is 8.89. The lowest BCUT2D eigenvalue weighted by Crippen LogP contribution is -1.94. The van der Waals surface area contributed by atoms with Crippen LogP contribution in [0.25, 0.3) is 0 Å². The standard InChI is InChI=1S/C6H9BrO2/c1-2-3-9-5-6(7)4-8/h2-3,5H2,1H3. The van der Waals surface area contributed by atoms with Gasteiger partial charge in [-0.05, 0) is 22.4 Å². The third-order valence-electron chi connectivity index (χ3n) is 0.688. The summed E-state index contributed by atoms with van der Waals surface area (Å²) in [5.74, 6) is 1.68. The Kier molecular flexibility index (Phi) is 5.94. The Morgan fingerprint density at radius 1 is 1.78 bits per heavy atom. The molecule has 0 aromatic heterocycles. The minimum absolute atomic E-state index is 0.345. The van der Waals surface area contributed by atoms with Crippen LogP contribution in [0.5, 0.6) is 0 Å². The van der Waals surface area contributed by atoms with Crippen molar-refractivity contribution in [3.8, 4) is 0 Å². The van der Waals surface area contributed by atoms with Gasteiger partial charge in [0.15, 0.2) is 0 Å². The Hall–Kier alpha value is -0.110. The average molecular weight is 193 g/mol. The first-order valence-corrected chi connectivity index (χ1v) is 3.57. The molecule has 0 radical (unpaired) electrons. The Bertz CT molecular complexity index is 116. The van der Waals surface area contributed by atoms with Crippen molar-refractivity contribution in [2.24, 2.45) is 0 Å². The largest absolute Gasteiger partial charge is 0.375 e. The Labute approximate surface area is 63.0 Å². The van der Waals surface area contributed by atoms with Crippen molar-refractivity contribution < 1.29 is 9.53 Å². The second-order valence-electron chi connectivity index (χ2n) is 1.56. The SMILES string of the molecule is CCCOCC(Br)=C=O. The minimum atomic E-state index is 0.345. The van der Waals surface area contributed by atoms with Crippen LogP contribution in [-0.4, -0.2) is 19.2 Å². The van der Waals surface area contributed by atoms with Crippen molar-refractivity contribution in [3.63, 3.8) is 0 Å². The number of carbonyl (C=O) groups excluding carboxylic acids is 1. The quantitative estimate of drug-likeness (QED) is 0.499. The molecular weight excluding hydrogens is 184 g/mol. The van der Waals surface area contributed by atoms with E-state index in [0.29, 0.717) is 17.7 Å². The summed E-state index contributed by atoms with van der Waals surface area (Å²) in [4.78, 5) is 9.81. The van der Waals surface area contributed by atoms with Crippen molar-refractivity contribution in [1.29, 1.82) is 0 Å². The highest BCUT2D eigenvalue weighted by Crippen LogP contribution is 1.98. The highest BCUT2D eigenvalue weighted by Gasteiger charge is 1.89. The van der Waals surface area contributed by atoms with Gasteiger partial charge in [-0.15, -0.1) is 0 Å². The average Bonchev–Trinajstić information content (AvgIpc) is 1.89. The molecule has 0 saturated carbocycles. The number of ether oxygens (including phenoxy) is 1. The van der Waals surface area contributed by atoms with E-state index in [4.69, 9.17) is 4.74 Å². The summed E-state index contributed by atoms with van der Waals surface area (Å²) in [6, 6.07) is 0. The van der Waals surface area contributed by atoms with Gasteiger partial charge >= 0.3 is 0 Å². The van der Waals surface area contributed by atoms with Gasteiger partial charge < -0.3 is 4.74 Å². The molecule has 0 bridgehead atoms. The Morgan fingerprint density at radius 3 is 2.89 bits per heavy atom. The van der Waals surface area contributed by atoms with Crippen molar-refractivity contribution in [3.05, 3.63) is 4.48 Å². The summed E-state index contributed by atoms with van der Waals surface area (Å²) in [6.45, 7) is 3.05. The summed E-state index contributed by atoms with van der Waals surface area (Å²) >= 11 is 2.98. The molecule has 0 amide bonds. The van der Waals surface area contributed by atoms with E-state index in [-0.39, 0.29) is 0 Å². The molecule has 2 nitrogen and oxygen atoms in total. The fraction of sp³-hybridized carbons (Fsp3) is 0.667. The van der Waals surface area contributed by atoms with E-state index in [9.17, 15) is 4.79 Å². The molecule has 52 valence electrons. The van der Waals surface area contributed by atoms with Gasteiger partial charge in [0.1, 0.15) is 10.4 Å². The van der Waals surface area contributed by atoms with Crippen LogP contribution in [0.1, 0.15) is 13.3 Å². The molecule has 0 N–H and O–H groups in total. The topological polar surface area (TPSA) is 26.3 Å². The summed E-state index contributed by atoms with van der Waals surface area (Å²) in [5, 5.41) is 0. The molecular formula is C6H9BrO2. The maximum Gasteiger partial charge on any atom is 0.137 e. The molecule has 0 aromatic carbocycles. The van der Waals surface area contributed by atoms with Gasteiger partial charge in [-0.3, -0.25) is 0 Å². The summed E-state index contributed by atoms with van der Waals surface area (Å²) in [6.07, 6.45) is 0.971. The Balaban J connectivity index is 3.17. The van der Waals surface area contributed by atoms with E-state index in [1.165, 1.54) is 0 Å². The maximum atomic E-state index is 9.81. The molecule has 9 heavy (non-hydrogen) atoms. The zero-order chi connectivity index (χ0) is 7.11. The second-order valence-corrected chi connectivity index (χ2v) is 2.52. The molecule has 3 heteroatoms. The van der Waals surface area contributed by atoms with Crippen molar-refractivity contribution in [1.82, 2.24) is 0 Å². The maximum absolute atomic E-state index is 9.81. The monoisotopic (exact) mass is 192 g/mol. The van der Waals surface area contributed by atoms with E-state index in [2.05, 4.69) is 15.9 Å². The zero-order valence-corrected chi connectivity index (χ0v) is 6.90. The van der Waals surface area contributed by atoms with E-state index in [1.807, 2.05) is 6.92 Å². The van der Waals surface area contributed by atoms with Gasteiger partial charge in [0, 0.05) is 6.61 Å². The normalized spacial score (nSPS) is 8.67. The van der Waals surface area contributed by atoms with Crippen LogP contribution in [0.4, 0.5) is 0 Å². The van der Waals surface area contributed by atoms with Gasteiger partial charge in [-0.2, -0.15) is 0 Å². The lowest BCUT2D eigenvalue weighted by Gasteiger charge is -1.95. The highest BCUT2D eigenvalue weighted by atomic mass is 79.9. The van der Waals surface area contributed by atoms with Crippen molar-refractivity contribution >= 4 is 21.9 Å². The van der Waals surface area contributed by atoms with Gasteiger partial charge in [0.2, 0.25) is 0 Å². The third kappa shape index (κ3) is 5.77. The molecule has 0 fully saturated rings. The highest BCUT2D eigenvalue weighted by molar-refractivity contribution is 9.12. The van der Waals surface area contributed by atoms with Crippen LogP contribution >= 0.6 is 15.9 Å². The van der Waals surface area contributed by atoms with Gasteiger partial charge in [0.25, 0.3) is 0 Å². The summed E-state index contributed by atoms with van der Waals surface area (Å²) in [5.41, 5.74) is 0. The lowest BCUT2D eigenvalue weighted by molar-refractivity contribution is 0.162. The van der Waals surface area contributed by atoms with Gasteiger partial charge in [0.05, 0.1) is 6.61 Å². The third-order valence-corrected chi connectivity index (χ3v) is 1.08. The van der Waals surface area contributed by atoms with Crippen LogP contribution in [0.15, 0.2) is 4.48 Å². The molecule has 0 aliphatic carbocycles. The fourth-order valence-corrected chi connectivity index (χ4v) is 0.497. The molecule has 0 aliphatic heterocycles. The number of rotatable bonds is 4. The van der Waals surface area contributed by atoms with E-state index >= 15 is 0 Å². The zero-order valence-electron chi connectivity index (χ0n) is 5.32. The smallest absolute Gasteiger partial charge is 0.137 e. The fourth-order valence-electron chi connectivity index (χ4n) is 0.336. The second kappa shape index (κ2) is 6.02. The predicted molar refractivity (Wildman–Crippen MR) is 39.2 cm³/mol. The van der Waals surface area contributed by atoms with Crippen LogP contribution in [0.2, 0.25) is 0 Å². The minimum Gasteiger partial charge on any atom is -0.375 e. The molecule has 0 atom stereocenters. The molecule has 0 rings (SSSR count). The molecule has 0 unspecified atom stereocenters. The van der Waals surface area contributed by atoms with Gasteiger partial charge in [-0.25, -0.2) is 4.79 Å². The lowest BCUT2D eigenvalue weighted by atomic mass is 10.5. The molecule has 0 heterocycles. The van der Waals surface area contributed by atoms with E-state index in [1.54, 1.807) is 5.94 Å². The van der Waals surface area contributed by atoms with Crippen LogP contribution in [-0.2, 0) is 9.53 Å². The number of halogens is 1. The molecule has 0 aromatic rings. The van der Waals surface area contributed by atoms with Crippen LogP contribution in [0.3, 0.4) is 0 Å². The number of hydrogen-bond donors (Lipinski definition) is 0.